The molecule has 1 saturated heterocycles. The molecule has 0 aromatic carbocycles. The number of hydrogen-bond acceptors (Lipinski definition) is 3. The summed E-state index contributed by atoms with van der Waals surface area (Å²) in [6.07, 6.45) is 0.854. The molecule has 1 aliphatic rings. The molecule has 1 heterocycles. The van der Waals surface area contributed by atoms with Gasteiger partial charge in [-0.15, -0.1) is 0 Å². The molecule has 0 spiro atoms. The molecule has 0 aromatic rings. The zero-order valence-electron chi connectivity index (χ0n) is 8.04. The van der Waals surface area contributed by atoms with E-state index in [1.54, 1.807) is 18.7 Å². The molecule has 4 nitrogen and oxygen atoms in total. The molecule has 72 valence electrons. The highest BCUT2D eigenvalue weighted by Gasteiger charge is 2.32. The Hall–Kier alpha value is -1.08. The number of nitriles is 1. The second kappa shape index (κ2) is 3.75. The zero-order valence-corrected chi connectivity index (χ0v) is 8.04. The van der Waals surface area contributed by atoms with Crippen molar-refractivity contribution in [3.05, 3.63) is 0 Å². The summed E-state index contributed by atoms with van der Waals surface area (Å²) in [5.74, 6) is -0.144. The van der Waals surface area contributed by atoms with Crippen LogP contribution in [0.5, 0.6) is 0 Å². The zero-order chi connectivity index (χ0) is 9.90. The van der Waals surface area contributed by atoms with Crippen molar-refractivity contribution in [1.82, 2.24) is 4.90 Å². The molecule has 0 radical (unpaired) electrons. The minimum atomic E-state index is -0.930. The molecule has 0 aromatic heterocycles. The van der Waals surface area contributed by atoms with E-state index in [1.165, 1.54) is 0 Å². The quantitative estimate of drug-likeness (QED) is 0.601. The predicted molar refractivity (Wildman–Crippen MR) is 46.5 cm³/mol. The maximum atomic E-state index is 11.7. The molecule has 13 heavy (non-hydrogen) atoms. The van der Waals surface area contributed by atoms with Gasteiger partial charge in [-0.25, -0.2) is 0 Å². The second-order valence-corrected chi connectivity index (χ2v) is 3.70. The Kier molecular flexibility index (Phi) is 2.89. The lowest BCUT2D eigenvalue weighted by molar-refractivity contribution is -0.147. The van der Waals surface area contributed by atoms with Crippen molar-refractivity contribution in [2.45, 2.75) is 20.3 Å². The highest BCUT2D eigenvalue weighted by molar-refractivity contribution is 5.84. The maximum absolute atomic E-state index is 11.7. The van der Waals surface area contributed by atoms with E-state index in [0.717, 1.165) is 6.42 Å². The Morgan fingerprint density at radius 3 is 2.77 bits per heavy atom. The van der Waals surface area contributed by atoms with Crippen LogP contribution in [-0.4, -0.2) is 30.7 Å². The van der Waals surface area contributed by atoms with E-state index in [4.69, 9.17) is 10.00 Å². The van der Waals surface area contributed by atoms with Crippen LogP contribution in [0, 0.1) is 16.7 Å². The fraction of sp³-hybridized carbons (Fsp3) is 0.778. The van der Waals surface area contributed by atoms with Gasteiger partial charge in [0.15, 0.2) is 0 Å². The van der Waals surface area contributed by atoms with Crippen LogP contribution in [0.25, 0.3) is 0 Å². The minimum absolute atomic E-state index is 0.144. The second-order valence-electron chi connectivity index (χ2n) is 3.70. The summed E-state index contributed by atoms with van der Waals surface area (Å²) in [5.41, 5.74) is -0.930. The molecule has 0 aliphatic carbocycles. The largest absolute Gasteiger partial charge is 0.361 e. The summed E-state index contributed by atoms with van der Waals surface area (Å²) >= 11 is 0. The van der Waals surface area contributed by atoms with Gasteiger partial charge in [-0.05, 0) is 20.3 Å². The Morgan fingerprint density at radius 1 is 1.62 bits per heavy atom. The van der Waals surface area contributed by atoms with Gasteiger partial charge in [-0.2, -0.15) is 5.26 Å². The van der Waals surface area contributed by atoms with Crippen LogP contribution < -0.4 is 0 Å². The van der Waals surface area contributed by atoms with Crippen LogP contribution in [0.1, 0.15) is 20.3 Å². The van der Waals surface area contributed by atoms with Gasteiger partial charge < -0.3 is 9.64 Å². The van der Waals surface area contributed by atoms with Crippen molar-refractivity contribution in [3.63, 3.8) is 0 Å². The third kappa shape index (κ3) is 2.19. The lowest BCUT2D eigenvalue weighted by atomic mass is 9.94. The van der Waals surface area contributed by atoms with Gasteiger partial charge in [0.1, 0.15) is 12.1 Å². The average molecular weight is 182 g/mol. The molecule has 4 heteroatoms. The monoisotopic (exact) mass is 182 g/mol. The predicted octanol–water partition coefficient (Wildman–Crippen LogP) is 0.743. The van der Waals surface area contributed by atoms with Crippen LogP contribution >= 0.6 is 0 Å². The molecule has 0 saturated carbocycles. The normalized spacial score (nSPS) is 18.1. The van der Waals surface area contributed by atoms with Crippen LogP contribution in [0.2, 0.25) is 0 Å². The van der Waals surface area contributed by atoms with Gasteiger partial charge in [-0.3, -0.25) is 4.79 Å². The summed E-state index contributed by atoms with van der Waals surface area (Å²) in [7, 11) is 0. The lowest BCUT2D eigenvalue weighted by Gasteiger charge is -2.30. The van der Waals surface area contributed by atoms with Gasteiger partial charge in [0.05, 0.1) is 12.7 Å². The Morgan fingerprint density at radius 2 is 2.31 bits per heavy atom. The first-order chi connectivity index (χ1) is 6.08. The number of rotatable bonds is 1. The summed E-state index contributed by atoms with van der Waals surface area (Å²) in [5, 5.41) is 8.76. The minimum Gasteiger partial charge on any atom is -0.361 e. The number of ether oxygens (including phenoxy) is 1. The molecule has 1 amide bonds. The van der Waals surface area contributed by atoms with Crippen molar-refractivity contribution >= 4 is 5.91 Å². The average Bonchev–Trinajstić information content (AvgIpc) is 2.18. The Balaban J connectivity index is 2.61. The van der Waals surface area contributed by atoms with E-state index in [2.05, 4.69) is 0 Å². The molecule has 0 N–H and O–H groups in total. The van der Waals surface area contributed by atoms with Crippen LogP contribution in [0.15, 0.2) is 0 Å². The molecule has 0 atom stereocenters. The Bertz CT molecular complexity index is 236. The smallest absolute Gasteiger partial charge is 0.244 e. The highest BCUT2D eigenvalue weighted by atomic mass is 16.5. The number of carbonyl (C=O) groups is 1. The van der Waals surface area contributed by atoms with Crippen molar-refractivity contribution in [3.8, 4) is 6.07 Å². The lowest BCUT2D eigenvalue weighted by Crippen LogP contribution is -2.44. The van der Waals surface area contributed by atoms with E-state index < -0.39 is 5.41 Å². The first kappa shape index (κ1) is 10.0. The van der Waals surface area contributed by atoms with Gasteiger partial charge in [0, 0.05) is 6.54 Å². The van der Waals surface area contributed by atoms with Crippen LogP contribution in [0.3, 0.4) is 0 Å². The fourth-order valence-corrected chi connectivity index (χ4v) is 1.20. The molecule has 1 aliphatic heterocycles. The molecule has 0 unspecified atom stereocenters. The van der Waals surface area contributed by atoms with Crippen LogP contribution in [0.4, 0.5) is 0 Å². The number of amides is 1. The van der Waals surface area contributed by atoms with E-state index in [0.29, 0.717) is 19.9 Å². The maximum Gasteiger partial charge on any atom is 0.244 e. The van der Waals surface area contributed by atoms with E-state index in [-0.39, 0.29) is 5.91 Å². The SMILES string of the molecule is CC(C)(C#N)C(=O)N1CCCOC1. The summed E-state index contributed by atoms with van der Waals surface area (Å²) < 4.78 is 5.14. The van der Waals surface area contributed by atoms with E-state index >= 15 is 0 Å². The first-order valence-electron chi connectivity index (χ1n) is 4.36. The molecule has 1 rings (SSSR count). The summed E-state index contributed by atoms with van der Waals surface area (Å²) in [6, 6.07) is 1.99. The topological polar surface area (TPSA) is 53.3 Å². The van der Waals surface area contributed by atoms with Crippen molar-refractivity contribution < 1.29 is 9.53 Å². The number of nitrogens with zero attached hydrogens (tertiary/aromatic N) is 2. The van der Waals surface area contributed by atoms with Crippen LogP contribution in [-0.2, 0) is 9.53 Å². The first-order valence-corrected chi connectivity index (χ1v) is 4.36. The van der Waals surface area contributed by atoms with Gasteiger partial charge in [0.2, 0.25) is 5.91 Å². The molecule has 1 fully saturated rings. The third-order valence-electron chi connectivity index (χ3n) is 2.07. The molecular formula is C9H14N2O2. The molecular weight excluding hydrogens is 168 g/mol. The third-order valence-corrected chi connectivity index (χ3v) is 2.07. The number of hydrogen-bond donors (Lipinski definition) is 0. The fourth-order valence-electron chi connectivity index (χ4n) is 1.20. The van der Waals surface area contributed by atoms with Crippen molar-refractivity contribution in [1.29, 1.82) is 5.26 Å². The van der Waals surface area contributed by atoms with Crippen molar-refractivity contribution in [2.24, 2.45) is 5.41 Å². The van der Waals surface area contributed by atoms with Gasteiger partial charge in [0.25, 0.3) is 0 Å². The standard InChI is InChI=1S/C9H14N2O2/c1-9(2,6-10)8(12)11-4-3-5-13-7-11/h3-5,7H2,1-2H3. The van der Waals surface area contributed by atoms with Gasteiger partial charge >= 0.3 is 0 Å². The van der Waals surface area contributed by atoms with E-state index in [9.17, 15) is 4.79 Å². The highest BCUT2D eigenvalue weighted by Crippen LogP contribution is 2.18. The van der Waals surface area contributed by atoms with Crippen molar-refractivity contribution in [2.75, 3.05) is 19.9 Å². The molecule has 0 bridgehead atoms. The van der Waals surface area contributed by atoms with E-state index in [1.807, 2.05) is 6.07 Å². The Labute approximate surface area is 78.1 Å². The summed E-state index contributed by atoms with van der Waals surface area (Å²) in [6.45, 7) is 4.98. The summed E-state index contributed by atoms with van der Waals surface area (Å²) in [4.78, 5) is 13.3. The van der Waals surface area contributed by atoms with Gasteiger partial charge in [-0.1, -0.05) is 0 Å². The number of carbonyl (C=O) groups excluding carboxylic acids is 1.